The Morgan fingerprint density at radius 3 is 3.04 bits per heavy atom. The number of fused-ring (bicyclic) bond motifs is 1. The van der Waals surface area contributed by atoms with Crippen LogP contribution in [-0.2, 0) is 9.59 Å². The first-order valence-corrected chi connectivity index (χ1v) is 9.17. The average Bonchev–Trinajstić information content (AvgIpc) is 3.25. The van der Waals surface area contributed by atoms with Crippen LogP contribution in [0.1, 0.15) is 11.4 Å². The molecule has 8 nitrogen and oxygen atoms in total. The molecule has 1 aromatic carbocycles. The van der Waals surface area contributed by atoms with Crippen LogP contribution in [0.25, 0.3) is 10.9 Å². The molecule has 0 spiro atoms. The molecule has 0 radical (unpaired) electrons. The van der Waals surface area contributed by atoms with E-state index in [9.17, 15) is 9.59 Å². The van der Waals surface area contributed by atoms with Crippen molar-refractivity contribution in [3.63, 3.8) is 0 Å². The normalized spacial score (nSPS) is 17.4. The lowest BCUT2D eigenvalue weighted by molar-refractivity contribution is -0.122. The minimum atomic E-state index is -0.445. The Morgan fingerprint density at radius 1 is 1.44 bits per heavy atom. The second-order valence-electron chi connectivity index (χ2n) is 5.76. The summed E-state index contributed by atoms with van der Waals surface area (Å²) in [5.74, 6) is -0.243. The maximum absolute atomic E-state index is 12.4. The number of carbonyl (C=O) groups excluding carboxylic acids is 2. The molecule has 3 aromatic rings. The highest BCUT2D eigenvalue weighted by Crippen LogP contribution is 2.31. The van der Waals surface area contributed by atoms with Crippen molar-refractivity contribution in [2.45, 2.75) is 13.3 Å². The van der Waals surface area contributed by atoms with Gasteiger partial charge in [-0.25, -0.2) is 0 Å². The first-order chi connectivity index (χ1) is 12.0. The predicted octanol–water partition coefficient (Wildman–Crippen LogP) is 2.48. The molecule has 1 atom stereocenters. The second kappa shape index (κ2) is 6.19. The SMILES string of the molecule is Cc1nnc(NC(=O)C2CC(=O)N(c3n[nH]c4cc(Br)ccc34)C2)s1. The largest absolute Gasteiger partial charge is 0.300 e. The molecule has 0 bridgehead atoms. The van der Waals surface area contributed by atoms with E-state index < -0.39 is 5.92 Å². The molecule has 0 aliphatic carbocycles. The fraction of sp³-hybridized carbons (Fsp3) is 0.267. The number of aromatic nitrogens is 4. The van der Waals surface area contributed by atoms with Crippen molar-refractivity contribution in [2.24, 2.45) is 5.92 Å². The van der Waals surface area contributed by atoms with E-state index in [-0.39, 0.29) is 18.2 Å². The molecule has 0 saturated carbocycles. The maximum atomic E-state index is 12.4. The molecule has 25 heavy (non-hydrogen) atoms. The van der Waals surface area contributed by atoms with Crippen molar-refractivity contribution in [3.8, 4) is 0 Å². The van der Waals surface area contributed by atoms with Crippen molar-refractivity contribution in [2.75, 3.05) is 16.8 Å². The van der Waals surface area contributed by atoms with Crippen molar-refractivity contribution in [3.05, 3.63) is 27.7 Å². The van der Waals surface area contributed by atoms with Gasteiger partial charge in [0.05, 0.1) is 11.4 Å². The number of aryl methyl sites for hydroxylation is 1. The van der Waals surface area contributed by atoms with Crippen LogP contribution in [0, 0.1) is 12.8 Å². The van der Waals surface area contributed by atoms with Gasteiger partial charge in [0.25, 0.3) is 0 Å². The number of amides is 2. The maximum Gasteiger partial charge on any atom is 0.231 e. The van der Waals surface area contributed by atoms with Gasteiger partial charge in [0.1, 0.15) is 5.01 Å². The molecule has 2 N–H and O–H groups in total. The number of nitrogens with one attached hydrogen (secondary N) is 2. The predicted molar refractivity (Wildman–Crippen MR) is 97.5 cm³/mol. The fourth-order valence-electron chi connectivity index (χ4n) is 2.83. The molecule has 3 heterocycles. The van der Waals surface area contributed by atoms with Gasteiger partial charge in [0.2, 0.25) is 16.9 Å². The zero-order chi connectivity index (χ0) is 17.6. The second-order valence-corrected chi connectivity index (χ2v) is 7.86. The van der Waals surface area contributed by atoms with Crippen LogP contribution in [0.15, 0.2) is 22.7 Å². The number of rotatable bonds is 3. The number of H-pyrrole nitrogens is 1. The van der Waals surface area contributed by atoms with Gasteiger partial charge in [-0.2, -0.15) is 5.10 Å². The monoisotopic (exact) mass is 420 g/mol. The van der Waals surface area contributed by atoms with E-state index in [1.165, 1.54) is 11.3 Å². The fourth-order valence-corrected chi connectivity index (χ4v) is 3.78. The number of hydrogen-bond donors (Lipinski definition) is 2. The minimum Gasteiger partial charge on any atom is -0.300 e. The number of anilines is 2. The van der Waals surface area contributed by atoms with Crippen LogP contribution in [0.2, 0.25) is 0 Å². The zero-order valence-corrected chi connectivity index (χ0v) is 15.5. The Balaban J connectivity index is 1.54. The summed E-state index contributed by atoms with van der Waals surface area (Å²) in [7, 11) is 0. The number of hydrogen-bond acceptors (Lipinski definition) is 6. The Labute approximate surface area is 154 Å². The summed E-state index contributed by atoms with van der Waals surface area (Å²) in [6.07, 6.45) is 0.147. The topological polar surface area (TPSA) is 104 Å². The zero-order valence-electron chi connectivity index (χ0n) is 13.1. The molecule has 2 amide bonds. The Hall–Kier alpha value is -2.33. The molecule has 128 valence electrons. The molecule has 10 heteroatoms. The highest BCUT2D eigenvalue weighted by Gasteiger charge is 2.37. The smallest absolute Gasteiger partial charge is 0.231 e. The van der Waals surface area contributed by atoms with Crippen LogP contribution in [0.4, 0.5) is 10.9 Å². The van der Waals surface area contributed by atoms with Crippen LogP contribution in [-0.4, -0.2) is 38.8 Å². The van der Waals surface area contributed by atoms with Gasteiger partial charge in [0, 0.05) is 22.8 Å². The summed E-state index contributed by atoms with van der Waals surface area (Å²) in [5.41, 5.74) is 0.828. The molecule has 1 fully saturated rings. The van der Waals surface area contributed by atoms with E-state index in [4.69, 9.17) is 0 Å². The van der Waals surface area contributed by atoms with Crippen LogP contribution >= 0.6 is 27.3 Å². The van der Waals surface area contributed by atoms with E-state index in [1.807, 2.05) is 25.1 Å². The van der Waals surface area contributed by atoms with Gasteiger partial charge in [-0.05, 0) is 25.1 Å². The van der Waals surface area contributed by atoms with Crippen LogP contribution in [0.5, 0.6) is 0 Å². The first-order valence-electron chi connectivity index (χ1n) is 7.56. The molecule has 2 aromatic heterocycles. The van der Waals surface area contributed by atoms with E-state index in [0.717, 1.165) is 20.4 Å². The highest BCUT2D eigenvalue weighted by molar-refractivity contribution is 9.10. The molecular weight excluding hydrogens is 408 g/mol. The minimum absolute atomic E-state index is 0.120. The summed E-state index contributed by atoms with van der Waals surface area (Å²) < 4.78 is 0.924. The number of aromatic amines is 1. The highest BCUT2D eigenvalue weighted by atomic mass is 79.9. The van der Waals surface area contributed by atoms with Gasteiger partial charge in [-0.3, -0.25) is 19.6 Å². The third-order valence-corrected chi connectivity index (χ3v) is 5.26. The van der Waals surface area contributed by atoms with E-state index in [1.54, 1.807) is 4.90 Å². The Bertz CT molecular complexity index is 983. The van der Waals surface area contributed by atoms with Gasteiger partial charge >= 0.3 is 0 Å². The third kappa shape index (κ3) is 3.02. The van der Waals surface area contributed by atoms with Crippen molar-refractivity contribution < 1.29 is 9.59 Å². The lowest BCUT2D eigenvalue weighted by Gasteiger charge is -2.13. The third-order valence-electron chi connectivity index (χ3n) is 4.01. The molecule has 1 aliphatic heterocycles. The van der Waals surface area contributed by atoms with Crippen LogP contribution < -0.4 is 10.2 Å². The summed E-state index contributed by atoms with van der Waals surface area (Å²) >= 11 is 4.71. The summed E-state index contributed by atoms with van der Waals surface area (Å²) in [5, 5.41) is 19.7. The summed E-state index contributed by atoms with van der Waals surface area (Å²) in [6.45, 7) is 2.10. The lowest BCUT2D eigenvalue weighted by Crippen LogP contribution is -2.28. The van der Waals surface area contributed by atoms with Crippen molar-refractivity contribution in [1.82, 2.24) is 20.4 Å². The first kappa shape index (κ1) is 16.2. The van der Waals surface area contributed by atoms with Crippen LogP contribution in [0.3, 0.4) is 0 Å². The number of carbonyl (C=O) groups is 2. The van der Waals surface area contributed by atoms with Gasteiger partial charge in [0.15, 0.2) is 5.82 Å². The summed E-state index contributed by atoms with van der Waals surface area (Å²) in [6, 6.07) is 5.68. The van der Waals surface area contributed by atoms with Gasteiger partial charge in [-0.1, -0.05) is 27.3 Å². The van der Waals surface area contributed by atoms with Crippen molar-refractivity contribution in [1.29, 1.82) is 0 Å². The van der Waals surface area contributed by atoms with E-state index in [2.05, 4.69) is 41.6 Å². The molecule has 4 rings (SSSR count). The molecular formula is C15H13BrN6O2S. The Kier molecular flexibility index (Phi) is 4.00. The van der Waals surface area contributed by atoms with Gasteiger partial charge in [-0.15, -0.1) is 10.2 Å². The summed E-state index contributed by atoms with van der Waals surface area (Å²) in [4.78, 5) is 26.4. The van der Waals surface area contributed by atoms with E-state index in [0.29, 0.717) is 17.5 Å². The Morgan fingerprint density at radius 2 is 2.28 bits per heavy atom. The molecule has 1 unspecified atom stereocenters. The van der Waals surface area contributed by atoms with Crippen molar-refractivity contribution >= 4 is 60.9 Å². The number of nitrogens with zero attached hydrogens (tertiary/aromatic N) is 4. The lowest BCUT2D eigenvalue weighted by atomic mass is 10.1. The number of benzene rings is 1. The average molecular weight is 421 g/mol. The van der Waals surface area contributed by atoms with Gasteiger partial charge < -0.3 is 5.32 Å². The van der Waals surface area contributed by atoms with E-state index >= 15 is 0 Å². The standard InChI is InChI=1S/C15H13BrN6O2S/c1-7-18-21-15(25-7)17-14(24)8-4-12(23)22(6-8)13-10-3-2-9(16)5-11(10)19-20-13/h2-3,5,8H,4,6H2,1H3,(H,19,20)(H,17,21,24). The molecule has 1 aliphatic rings. The number of halogens is 1. The molecule has 1 saturated heterocycles. The quantitative estimate of drug-likeness (QED) is 0.676.